The third kappa shape index (κ3) is 2.61. The van der Waals surface area contributed by atoms with Crippen LogP contribution in [0, 0.1) is 6.92 Å². The molecule has 1 aliphatic heterocycles. The molecule has 0 bridgehead atoms. The zero-order chi connectivity index (χ0) is 13.1. The predicted molar refractivity (Wildman–Crippen MR) is 66.3 cm³/mol. The molecule has 1 aromatic carbocycles. The number of amides is 2. The summed E-state index contributed by atoms with van der Waals surface area (Å²) >= 11 is 0. The first-order valence-electron chi connectivity index (χ1n) is 5.94. The van der Waals surface area contributed by atoms with Gasteiger partial charge >= 0.3 is 0 Å². The van der Waals surface area contributed by atoms with Gasteiger partial charge in [0.1, 0.15) is 5.75 Å². The van der Waals surface area contributed by atoms with Gasteiger partial charge in [0.05, 0.1) is 5.56 Å². The van der Waals surface area contributed by atoms with Crippen molar-refractivity contribution in [3.63, 3.8) is 0 Å². The number of carbonyl (C=O) groups excluding carboxylic acids is 2. The number of nitrogens with one attached hydrogen (secondary N) is 2. The highest BCUT2D eigenvalue weighted by Crippen LogP contribution is 2.21. The summed E-state index contributed by atoms with van der Waals surface area (Å²) in [5, 5.41) is 15.3. The number of phenolic OH excluding ortho intramolecular Hbond substituents is 1. The Morgan fingerprint density at radius 1 is 1.50 bits per heavy atom. The van der Waals surface area contributed by atoms with Gasteiger partial charge in [-0.05, 0) is 25.0 Å². The second-order valence-electron chi connectivity index (χ2n) is 4.48. The van der Waals surface area contributed by atoms with Crippen LogP contribution >= 0.6 is 0 Å². The quantitative estimate of drug-likeness (QED) is 0.721. The van der Waals surface area contributed by atoms with Crippen molar-refractivity contribution in [2.24, 2.45) is 0 Å². The third-order valence-electron chi connectivity index (χ3n) is 3.08. The topological polar surface area (TPSA) is 78.4 Å². The number of hydrogen-bond acceptors (Lipinski definition) is 3. The number of aromatic hydroxyl groups is 1. The maximum atomic E-state index is 12.0. The molecule has 3 N–H and O–H groups in total. The first-order chi connectivity index (χ1) is 8.58. The van der Waals surface area contributed by atoms with Crippen LogP contribution in [-0.4, -0.2) is 29.5 Å². The molecule has 1 fully saturated rings. The van der Waals surface area contributed by atoms with Gasteiger partial charge in [-0.15, -0.1) is 0 Å². The van der Waals surface area contributed by atoms with Crippen molar-refractivity contribution in [3.05, 3.63) is 29.3 Å². The highest BCUT2D eigenvalue weighted by Gasteiger charge is 2.21. The van der Waals surface area contributed by atoms with Crippen LogP contribution < -0.4 is 10.6 Å². The van der Waals surface area contributed by atoms with Crippen molar-refractivity contribution < 1.29 is 14.7 Å². The normalized spacial score (nSPS) is 19.2. The third-order valence-corrected chi connectivity index (χ3v) is 3.08. The molecule has 1 heterocycles. The Balaban J connectivity index is 2.03. The number of phenols is 1. The van der Waals surface area contributed by atoms with Crippen molar-refractivity contribution in [3.8, 4) is 5.75 Å². The number of carbonyl (C=O) groups is 2. The molecule has 2 rings (SSSR count). The minimum absolute atomic E-state index is 0.00912. The van der Waals surface area contributed by atoms with Crippen molar-refractivity contribution in [1.82, 2.24) is 10.6 Å². The largest absolute Gasteiger partial charge is 0.507 e. The molecule has 1 aliphatic rings. The molecular formula is C13H16N2O3. The molecule has 0 aliphatic carbocycles. The first-order valence-corrected chi connectivity index (χ1v) is 5.94. The van der Waals surface area contributed by atoms with Crippen LogP contribution in [0.5, 0.6) is 5.75 Å². The predicted octanol–water partition coefficient (Wildman–Crippen LogP) is 0.709. The van der Waals surface area contributed by atoms with E-state index in [0.29, 0.717) is 24.9 Å². The van der Waals surface area contributed by atoms with Crippen LogP contribution in [0.1, 0.15) is 28.8 Å². The summed E-state index contributed by atoms with van der Waals surface area (Å²) in [6.07, 6.45) is 1.05. The van der Waals surface area contributed by atoms with E-state index in [4.69, 9.17) is 0 Å². The zero-order valence-corrected chi connectivity index (χ0v) is 10.2. The average Bonchev–Trinajstić information content (AvgIpc) is 2.35. The zero-order valence-electron chi connectivity index (χ0n) is 10.2. The lowest BCUT2D eigenvalue weighted by molar-refractivity contribution is -0.122. The standard InChI is InChI=1S/C13H16N2O3/c1-8-3-2-4-10(12(8)17)13(18)15-9-5-6-11(16)14-7-9/h2-4,9,17H,5-7H2,1H3,(H,14,16)(H,15,18). The summed E-state index contributed by atoms with van der Waals surface area (Å²) < 4.78 is 0. The lowest BCUT2D eigenvalue weighted by atomic mass is 10.1. The van der Waals surface area contributed by atoms with Crippen LogP contribution in [0.2, 0.25) is 0 Å². The Hall–Kier alpha value is -2.04. The maximum absolute atomic E-state index is 12.0. The average molecular weight is 248 g/mol. The van der Waals surface area contributed by atoms with E-state index in [2.05, 4.69) is 10.6 Å². The fourth-order valence-corrected chi connectivity index (χ4v) is 1.96. The van der Waals surface area contributed by atoms with Gasteiger partial charge in [-0.3, -0.25) is 9.59 Å². The number of benzene rings is 1. The van der Waals surface area contributed by atoms with Gasteiger partial charge in [0.25, 0.3) is 5.91 Å². The molecule has 0 spiro atoms. The lowest BCUT2D eigenvalue weighted by Gasteiger charge is -2.23. The molecule has 96 valence electrons. The van der Waals surface area contributed by atoms with Crippen LogP contribution in [0.15, 0.2) is 18.2 Å². The van der Waals surface area contributed by atoms with Crippen LogP contribution in [-0.2, 0) is 4.79 Å². The highest BCUT2D eigenvalue weighted by atomic mass is 16.3. The molecule has 1 aromatic rings. The number of rotatable bonds is 2. The van der Waals surface area contributed by atoms with E-state index in [9.17, 15) is 14.7 Å². The van der Waals surface area contributed by atoms with Crippen LogP contribution in [0.4, 0.5) is 0 Å². The molecule has 0 aromatic heterocycles. The Labute approximate surface area is 105 Å². The molecule has 5 heteroatoms. The summed E-state index contributed by atoms with van der Waals surface area (Å²) in [7, 11) is 0. The van der Waals surface area contributed by atoms with E-state index in [0.717, 1.165) is 0 Å². The molecule has 1 unspecified atom stereocenters. The van der Waals surface area contributed by atoms with E-state index >= 15 is 0 Å². The summed E-state index contributed by atoms with van der Waals surface area (Å²) in [6, 6.07) is 4.98. The smallest absolute Gasteiger partial charge is 0.255 e. The van der Waals surface area contributed by atoms with Gasteiger partial charge in [-0.1, -0.05) is 12.1 Å². The molecular weight excluding hydrogens is 232 g/mol. The van der Waals surface area contributed by atoms with E-state index < -0.39 is 0 Å². The van der Waals surface area contributed by atoms with Gasteiger partial charge < -0.3 is 15.7 Å². The van der Waals surface area contributed by atoms with Gasteiger partial charge in [-0.2, -0.15) is 0 Å². The molecule has 0 radical (unpaired) electrons. The lowest BCUT2D eigenvalue weighted by Crippen LogP contribution is -2.47. The van der Waals surface area contributed by atoms with Gasteiger partial charge in [0.15, 0.2) is 0 Å². The van der Waals surface area contributed by atoms with Gasteiger partial charge in [0, 0.05) is 19.0 Å². The molecule has 0 saturated carbocycles. The van der Waals surface area contributed by atoms with E-state index in [-0.39, 0.29) is 29.2 Å². The van der Waals surface area contributed by atoms with E-state index in [1.54, 1.807) is 25.1 Å². The second-order valence-corrected chi connectivity index (χ2v) is 4.48. The molecule has 1 atom stereocenters. The van der Waals surface area contributed by atoms with E-state index in [1.165, 1.54) is 0 Å². The Bertz CT molecular complexity index is 475. The fourth-order valence-electron chi connectivity index (χ4n) is 1.96. The summed E-state index contributed by atoms with van der Waals surface area (Å²) in [5.41, 5.74) is 0.937. The van der Waals surface area contributed by atoms with Gasteiger partial charge in [-0.25, -0.2) is 0 Å². The Morgan fingerprint density at radius 2 is 2.28 bits per heavy atom. The van der Waals surface area contributed by atoms with Gasteiger partial charge in [0.2, 0.25) is 5.91 Å². The maximum Gasteiger partial charge on any atom is 0.255 e. The van der Waals surface area contributed by atoms with E-state index in [1.807, 2.05) is 0 Å². The van der Waals surface area contributed by atoms with Crippen molar-refractivity contribution >= 4 is 11.8 Å². The second kappa shape index (κ2) is 5.08. The number of hydrogen-bond donors (Lipinski definition) is 3. The van der Waals surface area contributed by atoms with Crippen LogP contribution in [0.25, 0.3) is 0 Å². The highest BCUT2D eigenvalue weighted by molar-refractivity contribution is 5.97. The molecule has 5 nitrogen and oxygen atoms in total. The molecule has 1 saturated heterocycles. The molecule has 2 amide bonds. The summed E-state index contributed by atoms with van der Waals surface area (Å²) in [4.78, 5) is 23.0. The fraction of sp³-hybridized carbons (Fsp3) is 0.385. The first kappa shape index (κ1) is 12.4. The Kier molecular flexibility index (Phi) is 3.50. The minimum atomic E-state index is -0.308. The SMILES string of the molecule is Cc1cccc(C(=O)NC2CCC(=O)NC2)c1O. The van der Waals surface area contributed by atoms with Crippen molar-refractivity contribution in [1.29, 1.82) is 0 Å². The van der Waals surface area contributed by atoms with Crippen LogP contribution in [0.3, 0.4) is 0 Å². The molecule has 18 heavy (non-hydrogen) atoms. The number of piperidine rings is 1. The monoisotopic (exact) mass is 248 g/mol. The van der Waals surface area contributed by atoms with Crippen molar-refractivity contribution in [2.75, 3.05) is 6.54 Å². The minimum Gasteiger partial charge on any atom is -0.507 e. The Morgan fingerprint density at radius 3 is 2.94 bits per heavy atom. The number of aryl methyl sites for hydroxylation is 1. The number of para-hydroxylation sites is 1. The van der Waals surface area contributed by atoms with Crippen molar-refractivity contribution in [2.45, 2.75) is 25.8 Å². The summed E-state index contributed by atoms with van der Waals surface area (Å²) in [6.45, 7) is 2.18. The summed E-state index contributed by atoms with van der Waals surface area (Å²) in [5.74, 6) is -0.286.